The standard InChI is InChI=1S/C21H20ClNO4.ClH/c1-13-18(24)16-11-15(22)12-17(21(25)26-10-9-23(2)3)20(16)27-19(13)14-7-5-4-6-8-14;/h4-8,11-12H,9-10H2,1-3H3;1H. The summed E-state index contributed by atoms with van der Waals surface area (Å²) in [5.74, 6) is -0.145. The average Bonchev–Trinajstić information content (AvgIpc) is 2.64. The maximum atomic E-state index is 12.9. The number of rotatable bonds is 5. The van der Waals surface area contributed by atoms with E-state index in [1.54, 1.807) is 6.92 Å². The Kier molecular flexibility index (Phi) is 7.24. The number of likely N-dealkylation sites (N-methyl/N-ethyl adjacent to an activating group) is 1. The number of nitrogens with zero attached hydrogens (tertiary/aromatic N) is 1. The van der Waals surface area contributed by atoms with E-state index < -0.39 is 5.97 Å². The van der Waals surface area contributed by atoms with E-state index in [2.05, 4.69) is 0 Å². The number of halogens is 2. The molecule has 0 N–H and O–H groups in total. The van der Waals surface area contributed by atoms with E-state index >= 15 is 0 Å². The first kappa shape index (κ1) is 22.0. The molecule has 0 atom stereocenters. The molecule has 0 unspecified atom stereocenters. The molecule has 0 fully saturated rings. The van der Waals surface area contributed by atoms with Crippen LogP contribution in [0.4, 0.5) is 0 Å². The second-order valence-corrected chi connectivity index (χ2v) is 6.96. The van der Waals surface area contributed by atoms with E-state index in [0.717, 1.165) is 5.56 Å². The Morgan fingerprint density at radius 3 is 2.50 bits per heavy atom. The number of fused-ring (bicyclic) bond motifs is 1. The van der Waals surface area contributed by atoms with Crippen LogP contribution < -0.4 is 5.43 Å². The van der Waals surface area contributed by atoms with Crippen LogP contribution in [0.2, 0.25) is 5.02 Å². The third-order valence-corrected chi connectivity index (χ3v) is 4.43. The molecule has 0 bridgehead atoms. The van der Waals surface area contributed by atoms with Crippen molar-refractivity contribution < 1.29 is 13.9 Å². The number of carbonyl (C=O) groups is 1. The SMILES string of the molecule is Cc1c(-c2ccccc2)oc2c(C(=O)OCCN(C)C)cc(Cl)cc2c1=O.Cl. The Labute approximate surface area is 174 Å². The topological polar surface area (TPSA) is 59.8 Å². The van der Waals surface area contributed by atoms with Crippen molar-refractivity contribution in [3.05, 3.63) is 68.8 Å². The van der Waals surface area contributed by atoms with Gasteiger partial charge >= 0.3 is 5.97 Å². The molecule has 1 heterocycles. The minimum Gasteiger partial charge on any atom is -0.461 e. The zero-order valence-corrected chi connectivity index (χ0v) is 17.4. The van der Waals surface area contributed by atoms with Crippen LogP contribution in [0, 0.1) is 6.92 Å². The van der Waals surface area contributed by atoms with E-state index in [9.17, 15) is 9.59 Å². The van der Waals surface area contributed by atoms with Crippen LogP contribution in [0.3, 0.4) is 0 Å². The van der Waals surface area contributed by atoms with Crippen LogP contribution >= 0.6 is 24.0 Å². The zero-order chi connectivity index (χ0) is 19.6. The highest BCUT2D eigenvalue weighted by atomic mass is 35.5. The fourth-order valence-electron chi connectivity index (χ4n) is 2.77. The van der Waals surface area contributed by atoms with Gasteiger partial charge in [-0.05, 0) is 33.2 Å². The number of benzene rings is 2. The van der Waals surface area contributed by atoms with Crippen molar-refractivity contribution in [2.45, 2.75) is 6.92 Å². The minimum absolute atomic E-state index is 0. The molecular weight excluding hydrogens is 401 g/mol. The molecule has 0 saturated carbocycles. The van der Waals surface area contributed by atoms with Crippen molar-refractivity contribution in [2.75, 3.05) is 27.2 Å². The molecule has 0 aliphatic heterocycles. The summed E-state index contributed by atoms with van der Waals surface area (Å²) < 4.78 is 11.3. The van der Waals surface area contributed by atoms with E-state index in [-0.39, 0.29) is 46.0 Å². The lowest BCUT2D eigenvalue weighted by Gasteiger charge is -2.12. The van der Waals surface area contributed by atoms with E-state index in [1.165, 1.54) is 12.1 Å². The van der Waals surface area contributed by atoms with Crippen molar-refractivity contribution in [1.82, 2.24) is 4.90 Å². The van der Waals surface area contributed by atoms with Gasteiger partial charge in [0.25, 0.3) is 0 Å². The lowest BCUT2D eigenvalue weighted by Crippen LogP contribution is -2.20. The molecule has 3 aromatic rings. The summed E-state index contributed by atoms with van der Waals surface area (Å²) in [6.07, 6.45) is 0. The fraction of sp³-hybridized carbons (Fsp3) is 0.238. The number of carbonyl (C=O) groups excluding carboxylic acids is 1. The number of ether oxygens (including phenoxy) is 1. The van der Waals surface area contributed by atoms with Crippen LogP contribution in [0.15, 0.2) is 51.7 Å². The van der Waals surface area contributed by atoms with Gasteiger partial charge in [-0.2, -0.15) is 0 Å². The molecule has 0 amide bonds. The van der Waals surface area contributed by atoms with Gasteiger partial charge in [-0.25, -0.2) is 4.79 Å². The van der Waals surface area contributed by atoms with Gasteiger partial charge in [-0.15, -0.1) is 12.4 Å². The van der Waals surface area contributed by atoms with Crippen LogP contribution in [0.25, 0.3) is 22.3 Å². The molecule has 2 aromatic carbocycles. The molecule has 0 spiro atoms. The van der Waals surface area contributed by atoms with E-state index in [0.29, 0.717) is 17.9 Å². The maximum Gasteiger partial charge on any atom is 0.342 e. The molecule has 28 heavy (non-hydrogen) atoms. The van der Waals surface area contributed by atoms with Gasteiger partial charge in [0.15, 0.2) is 11.0 Å². The van der Waals surface area contributed by atoms with Crippen LogP contribution in [0.1, 0.15) is 15.9 Å². The average molecular weight is 422 g/mol. The number of esters is 1. The molecule has 7 heteroatoms. The van der Waals surface area contributed by atoms with Gasteiger partial charge < -0.3 is 14.1 Å². The molecule has 148 valence electrons. The molecule has 0 aliphatic carbocycles. The minimum atomic E-state index is -0.574. The fourth-order valence-corrected chi connectivity index (χ4v) is 2.99. The van der Waals surface area contributed by atoms with Gasteiger partial charge in [0.1, 0.15) is 17.9 Å². The predicted molar refractivity (Wildman–Crippen MR) is 114 cm³/mol. The molecule has 0 aliphatic rings. The Morgan fingerprint density at radius 2 is 1.86 bits per heavy atom. The van der Waals surface area contributed by atoms with Gasteiger partial charge in [-0.1, -0.05) is 41.9 Å². The zero-order valence-electron chi connectivity index (χ0n) is 15.8. The third kappa shape index (κ3) is 4.55. The molecular formula is C21H21Cl2NO4. The summed E-state index contributed by atoms with van der Waals surface area (Å²) in [5, 5.41) is 0.542. The molecule has 1 aromatic heterocycles. The van der Waals surface area contributed by atoms with Crippen molar-refractivity contribution in [3.8, 4) is 11.3 Å². The molecule has 3 rings (SSSR count). The second kappa shape index (κ2) is 9.24. The van der Waals surface area contributed by atoms with Crippen LogP contribution in [-0.4, -0.2) is 38.1 Å². The first-order valence-electron chi connectivity index (χ1n) is 8.52. The molecule has 0 radical (unpaired) electrons. The molecule has 0 saturated heterocycles. The smallest absolute Gasteiger partial charge is 0.342 e. The monoisotopic (exact) mass is 421 g/mol. The predicted octanol–water partition coefficient (Wildman–Crippen LogP) is 4.56. The largest absolute Gasteiger partial charge is 0.461 e. The molecule has 5 nitrogen and oxygen atoms in total. The maximum absolute atomic E-state index is 12.9. The lowest BCUT2D eigenvalue weighted by molar-refractivity contribution is 0.0483. The number of hydrogen-bond donors (Lipinski definition) is 0. The Bertz CT molecular complexity index is 1050. The quantitative estimate of drug-likeness (QED) is 0.564. The summed E-state index contributed by atoms with van der Waals surface area (Å²) in [6, 6.07) is 12.3. The van der Waals surface area contributed by atoms with Gasteiger partial charge in [0.05, 0.1) is 5.39 Å². The van der Waals surface area contributed by atoms with Gasteiger partial charge in [0.2, 0.25) is 0 Å². The first-order valence-corrected chi connectivity index (χ1v) is 8.90. The highest BCUT2D eigenvalue weighted by Gasteiger charge is 2.20. The van der Waals surface area contributed by atoms with Crippen LogP contribution in [-0.2, 0) is 4.74 Å². The van der Waals surface area contributed by atoms with Crippen molar-refractivity contribution >= 4 is 40.9 Å². The third-order valence-electron chi connectivity index (χ3n) is 4.21. The van der Waals surface area contributed by atoms with E-state index in [1.807, 2.05) is 49.3 Å². The lowest BCUT2D eigenvalue weighted by atomic mass is 10.0. The van der Waals surface area contributed by atoms with Crippen molar-refractivity contribution in [2.24, 2.45) is 0 Å². The van der Waals surface area contributed by atoms with Crippen LogP contribution in [0.5, 0.6) is 0 Å². The summed E-state index contributed by atoms with van der Waals surface area (Å²) in [6.45, 7) is 2.51. The normalized spacial score (nSPS) is 10.8. The summed E-state index contributed by atoms with van der Waals surface area (Å²) >= 11 is 6.14. The Morgan fingerprint density at radius 1 is 1.18 bits per heavy atom. The van der Waals surface area contributed by atoms with Gasteiger partial charge in [-0.3, -0.25) is 4.79 Å². The summed E-state index contributed by atoms with van der Waals surface area (Å²) in [7, 11) is 3.77. The summed E-state index contributed by atoms with van der Waals surface area (Å²) in [4.78, 5) is 27.4. The van der Waals surface area contributed by atoms with Crippen molar-refractivity contribution in [3.63, 3.8) is 0 Å². The highest BCUT2D eigenvalue weighted by Crippen LogP contribution is 2.29. The van der Waals surface area contributed by atoms with Gasteiger partial charge in [0, 0.05) is 22.7 Å². The number of hydrogen-bond acceptors (Lipinski definition) is 5. The van der Waals surface area contributed by atoms with E-state index in [4.69, 9.17) is 20.8 Å². The first-order chi connectivity index (χ1) is 12.9. The Balaban J connectivity index is 0.00000280. The van der Waals surface area contributed by atoms with Crippen molar-refractivity contribution in [1.29, 1.82) is 0 Å². The summed E-state index contributed by atoms with van der Waals surface area (Å²) in [5.41, 5.74) is 1.33. The Hall–Kier alpha value is -2.34. The second-order valence-electron chi connectivity index (χ2n) is 6.52. The highest BCUT2D eigenvalue weighted by molar-refractivity contribution is 6.32.